The smallest absolute Gasteiger partial charge is 0.273 e. The molecule has 0 fully saturated rings. The van der Waals surface area contributed by atoms with E-state index in [9.17, 15) is 4.79 Å². The van der Waals surface area contributed by atoms with Gasteiger partial charge in [0.2, 0.25) is 0 Å². The Bertz CT molecular complexity index is 563. The fourth-order valence-electron chi connectivity index (χ4n) is 1.79. The maximum Gasteiger partial charge on any atom is 0.273 e. The topological polar surface area (TPSA) is 80.0 Å². The number of nitrogens with zero attached hydrogens (tertiary/aromatic N) is 2. The van der Waals surface area contributed by atoms with Gasteiger partial charge in [0.15, 0.2) is 11.5 Å². The highest BCUT2D eigenvalue weighted by Crippen LogP contribution is 2.18. The van der Waals surface area contributed by atoms with Gasteiger partial charge in [0.05, 0.1) is 0 Å². The van der Waals surface area contributed by atoms with E-state index in [1.807, 2.05) is 13.8 Å². The van der Waals surface area contributed by atoms with Crippen LogP contribution in [0.25, 0.3) is 11.3 Å². The molecule has 0 spiro atoms. The molecule has 2 N–H and O–H groups in total. The number of amides is 1. The highest BCUT2D eigenvalue weighted by Gasteiger charge is 2.14. The molecule has 0 radical (unpaired) electrons. The largest absolute Gasteiger partial charge is 0.355 e. The Kier molecular flexibility index (Phi) is 9.40. The van der Waals surface area contributed by atoms with Crippen molar-refractivity contribution in [2.24, 2.45) is 0 Å². The van der Waals surface area contributed by atoms with Gasteiger partial charge in [-0.25, -0.2) is 0 Å². The van der Waals surface area contributed by atoms with E-state index in [1.54, 1.807) is 30.6 Å². The molecule has 2 heterocycles. The summed E-state index contributed by atoms with van der Waals surface area (Å²) >= 11 is 0. The SMILES string of the molecule is CCN[C@H](C)CNC(=O)c1cc(-c2ccncc2)on1.Cl.Cl. The van der Waals surface area contributed by atoms with Crippen LogP contribution >= 0.6 is 24.8 Å². The Morgan fingerprint density at radius 3 is 2.64 bits per heavy atom. The molecule has 6 nitrogen and oxygen atoms in total. The molecule has 0 bridgehead atoms. The molecule has 122 valence electrons. The number of nitrogens with one attached hydrogen (secondary N) is 2. The Hall–Kier alpha value is -1.63. The van der Waals surface area contributed by atoms with E-state index in [0.717, 1.165) is 12.1 Å². The van der Waals surface area contributed by atoms with E-state index < -0.39 is 0 Å². The lowest BCUT2D eigenvalue weighted by Gasteiger charge is -2.12. The van der Waals surface area contributed by atoms with E-state index >= 15 is 0 Å². The Morgan fingerprint density at radius 1 is 1.32 bits per heavy atom. The number of aromatic nitrogens is 2. The number of carbonyl (C=O) groups is 1. The molecule has 0 aliphatic heterocycles. The Balaban J connectivity index is 0.00000220. The summed E-state index contributed by atoms with van der Waals surface area (Å²) in [6.07, 6.45) is 3.32. The maximum atomic E-state index is 11.9. The van der Waals surface area contributed by atoms with Crippen LogP contribution in [0, 0.1) is 0 Å². The number of pyridine rings is 1. The molecule has 0 aromatic carbocycles. The minimum absolute atomic E-state index is 0. The third-order valence-electron chi connectivity index (χ3n) is 2.83. The lowest BCUT2D eigenvalue weighted by atomic mass is 10.2. The van der Waals surface area contributed by atoms with Crippen LogP contribution in [0.5, 0.6) is 0 Å². The monoisotopic (exact) mass is 346 g/mol. The Labute approximate surface area is 141 Å². The molecule has 2 aromatic rings. The van der Waals surface area contributed by atoms with Crippen LogP contribution in [0.4, 0.5) is 0 Å². The average Bonchev–Trinajstić information content (AvgIpc) is 2.96. The molecule has 8 heteroatoms. The van der Waals surface area contributed by atoms with E-state index in [0.29, 0.717) is 12.3 Å². The minimum Gasteiger partial charge on any atom is -0.355 e. The van der Waals surface area contributed by atoms with Crippen LogP contribution in [-0.2, 0) is 0 Å². The summed E-state index contributed by atoms with van der Waals surface area (Å²) in [6, 6.07) is 5.45. The molecule has 0 aliphatic carbocycles. The summed E-state index contributed by atoms with van der Waals surface area (Å²) in [6.45, 7) is 5.45. The molecular formula is C14H20Cl2N4O2. The van der Waals surface area contributed by atoms with Crippen LogP contribution in [-0.4, -0.2) is 35.2 Å². The highest BCUT2D eigenvalue weighted by molar-refractivity contribution is 5.93. The predicted octanol–water partition coefficient (Wildman–Crippen LogP) is 2.31. The zero-order chi connectivity index (χ0) is 14.4. The van der Waals surface area contributed by atoms with Crippen molar-refractivity contribution in [2.45, 2.75) is 19.9 Å². The number of hydrogen-bond donors (Lipinski definition) is 2. The third-order valence-corrected chi connectivity index (χ3v) is 2.83. The summed E-state index contributed by atoms with van der Waals surface area (Å²) in [5.41, 5.74) is 1.12. The summed E-state index contributed by atoms with van der Waals surface area (Å²) in [5.74, 6) is 0.316. The van der Waals surface area contributed by atoms with Crippen LogP contribution < -0.4 is 10.6 Å². The number of likely N-dealkylation sites (N-methyl/N-ethyl adjacent to an activating group) is 1. The van der Waals surface area contributed by atoms with Crippen LogP contribution in [0.2, 0.25) is 0 Å². The van der Waals surface area contributed by atoms with E-state index in [-0.39, 0.29) is 42.5 Å². The number of rotatable bonds is 6. The first-order valence-electron chi connectivity index (χ1n) is 6.59. The molecule has 0 unspecified atom stereocenters. The highest BCUT2D eigenvalue weighted by atomic mass is 35.5. The molecule has 2 rings (SSSR count). The summed E-state index contributed by atoms with van der Waals surface area (Å²) in [4.78, 5) is 15.9. The van der Waals surface area contributed by atoms with Gasteiger partial charge in [-0.1, -0.05) is 12.1 Å². The van der Waals surface area contributed by atoms with Crippen LogP contribution in [0.1, 0.15) is 24.3 Å². The third kappa shape index (κ3) is 5.63. The van der Waals surface area contributed by atoms with E-state index in [1.165, 1.54) is 0 Å². The van der Waals surface area contributed by atoms with Gasteiger partial charge in [0, 0.05) is 36.6 Å². The first-order chi connectivity index (χ1) is 9.70. The number of hydrogen-bond acceptors (Lipinski definition) is 5. The molecular weight excluding hydrogens is 327 g/mol. The van der Waals surface area contributed by atoms with Gasteiger partial charge in [-0.2, -0.15) is 0 Å². The predicted molar refractivity (Wildman–Crippen MR) is 89.7 cm³/mol. The second kappa shape index (κ2) is 10.2. The van der Waals surface area contributed by atoms with Crippen molar-refractivity contribution in [3.05, 3.63) is 36.3 Å². The average molecular weight is 347 g/mol. The first-order valence-corrected chi connectivity index (χ1v) is 6.59. The first kappa shape index (κ1) is 20.4. The van der Waals surface area contributed by atoms with Crippen molar-refractivity contribution in [3.8, 4) is 11.3 Å². The molecule has 1 amide bonds. The summed E-state index contributed by atoms with van der Waals surface area (Å²) < 4.78 is 5.17. The van der Waals surface area contributed by atoms with Crippen molar-refractivity contribution in [2.75, 3.05) is 13.1 Å². The van der Waals surface area contributed by atoms with Crippen LogP contribution in [0.15, 0.2) is 35.1 Å². The lowest BCUT2D eigenvalue weighted by Crippen LogP contribution is -2.38. The number of carbonyl (C=O) groups excluding carboxylic acids is 1. The summed E-state index contributed by atoms with van der Waals surface area (Å²) in [5, 5.41) is 9.82. The summed E-state index contributed by atoms with van der Waals surface area (Å²) in [7, 11) is 0. The minimum atomic E-state index is -0.237. The van der Waals surface area contributed by atoms with Crippen molar-refractivity contribution in [1.82, 2.24) is 20.8 Å². The maximum absolute atomic E-state index is 11.9. The Morgan fingerprint density at radius 2 is 2.00 bits per heavy atom. The molecule has 22 heavy (non-hydrogen) atoms. The standard InChI is InChI=1S/C14H18N4O2.2ClH/c1-3-16-10(2)9-17-14(19)12-8-13(20-18-12)11-4-6-15-7-5-11;;/h4-8,10,16H,3,9H2,1-2H3,(H,17,19);2*1H/t10-;;/m1../s1. The zero-order valence-corrected chi connectivity index (χ0v) is 14.0. The van der Waals surface area contributed by atoms with Gasteiger partial charge in [0.25, 0.3) is 5.91 Å². The van der Waals surface area contributed by atoms with Gasteiger partial charge >= 0.3 is 0 Å². The van der Waals surface area contributed by atoms with Gasteiger partial charge < -0.3 is 15.2 Å². The van der Waals surface area contributed by atoms with Crippen molar-refractivity contribution in [3.63, 3.8) is 0 Å². The molecule has 0 saturated heterocycles. The normalized spacial score (nSPS) is 11.0. The quantitative estimate of drug-likeness (QED) is 0.838. The van der Waals surface area contributed by atoms with Gasteiger partial charge in [0.1, 0.15) is 0 Å². The fourth-order valence-corrected chi connectivity index (χ4v) is 1.79. The molecule has 0 aliphatic rings. The van der Waals surface area contributed by atoms with E-state index in [4.69, 9.17) is 4.52 Å². The van der Waals surface area contributed by atoms with Crippen LogP contribution in [0.3, 0.4) is 0 Å². The van der Waals surface area contributed by atoms with Gasteiger partial charge in [-0.15, -0.1) is 24.8 Å². The molecule has 2 aromatic heterocycles. The van der Waals surface area contributed by atoms with Crippen molar-refractivity contribution >= 4 is 30.7 Å². The van der Waals surface area contributed by atoms with Gasteiger partial charge in [-0.05, 0) is 25.6 Å². The lowest BCUT2D eigenvalue weighted by molar-refractivity contribution is 0.0941. The second-order valence-corrected chi connectivity index (χ2v) is 4.48. The van der Waals surface area contributed by atoms with Crippen molar-refractivity contribution < 1.29 is 9.32 Å². The fraction of sp³-hybridized carbons (Fsp3) is 0.357. The zero-order valence-electron chi connectivity index (χ0n) is 12.4. The molecule has 1 atom stereocenters. The van der Waals surface area contributed by atoms with E-state index in [2.05, 4.69) is 20.8 Å². The van der Waals surface area contributed by atoms with Crippen molar-refractivity contribution in [1.29, 1.82) is 0 Å². The molecule has 0 saturated carbocycles. The number of halogens is 2. The second-order valence-electron chi connectivity index (χ2n) is 4.48. The van der Waals surface area contributed by atoms with Gasteiger partial charge in [-0.3, -0.25) is 9.78 Å².